The van der Waals surface area contributed by atoms with Crippen LogP contribution in [-0.2, 0) is 7.05 Å². The molecule has 1 aromatic carbocycles. The Balaban J connectivity index is 2.68. The maximum atomic E-state index is 13.8. The second-order valence-electron chi connectivity index (χ2n) is 3.30. The molecule has 0 bridgehead atoms. The fraction of sp³-hybridized carbons (Fsp3) is 0.100. The summed E-state index contributed by atoms with van der Waals surface area (Å²) in [6, 6.07) is 4.75. The Morgan fingerprint density at radius 2 is 2.19 bits per heavy atom. The Morgan fingerprint density at radius 1 is 1.50 bits per heavy atom. The number of aromatic nitrogens is 2. The zero-order valence-corrected chi connectivity index (χ0v) is 10.7. The summed E-state index contributed by atoms with van der Waals surface area (Å²) in [7, 11) is 1.69. The van der Waals surface area contributed by atoms with Crippen molar-refractivity contribution in [1.29, 1.82) is 0 Å². The fourth-order valence-electron chi connectivity index (χ4n) is 1.37. The Kier molecular flexibility index (Phi) is 2.90. The van der Waals surface area contributed by atoms with Gasteiger partial charge in [0.05, 0.1) is 16.3 Å². The Bertz CT molecular complexity index is 534. The molecule has 0 saturated carbocycles. The lowest BCUT2D eigenvalue weighted by Crippen LogP contribution is -1.97. The quantitative estimate of drug-likeness (QED) is 0.822. The average molecular weight is 305 g/mol. The monoisotopic (exact) mass is 303 g/mol. The van der Waals surface area contributed by atoms with Crippen LogP contribution in [0.4, 0.5) is 10.2 Å². The molecule has 2 rings (SSSR count). The number of halogens is 3. The van der Waals surface area contributed by atoms with Crippen molar-refractivity contribution in [1.82, 2.24) is 9.78 Å². The lowest BCUT2D eigenvalue weighted by Gasteiger charge is -2.04. The lowest BCUT2D eigenvalue weighted by molar-refractivity contribution is 0.629. The molecule has 0 aliphatic heterocycles. The maximum absolute atomic E-state index is 13.8. The molecule has 1 aromatic heterocycles. The highest BCUT2D eigenvalue weighted by atomic mass is 79.9. The molecule has 2 N–H and O–H groups in total. The van der Waals surface area contributed by atoms with Gasteiger partial charge in [-0.25, -0.2) is 4.39 Å². The van der Waals surface area contributed by atoms with E-state index in [0.29, 0.717) is 21.5 Å². The van der Waals surface area contributed by atoms with E-state index in [4.69, 9.17) is 17.3 Å². The highest BCUT2D eigenvalue weighted by Crippen LogP contribution is 2.34. The zero-order valence-electron chi connectivity index (χ0n) is 8.34. The largest absolute Gasteiger partial charge is 0.384 e. The second-order valence-corrected chi connectivity index (χ2v) is 4.56. The summed E-state index contributed by atoms with van der Waals surface area (Å²) >= 11 is 8.98. The number of hydrogen-bond acceptors (Lipinski definition) is 2. The average Bonchev–Trinajstić information content (AvgIpc) is 2.54. The third-order valence-electron chi connectivity index (χ3n) is 2.22. The van der Waals surface area contributed by atoms with Crippen molar-refractivity contribution in [3.05, 3.63) is 33.5 Å². The third kappa shape index (κ3) is 1.81. The van der Waals surface area contributed by atoms with Crippen LogP contribution in [-0.4, -0.2) is 9.78 Å². The lowest BCUT2D eigenvalue weighted by atomic mass is 10.1. The molecule has 0 radical (unpaired) electrons. The van der Waals surface area contributed by atoms with E-state index in [1.165, 1.54) is 10.7 Å². The smallest absolute Gasteiger partial charge is 0.152 e. The standard InChI is InChI=1S/C10H8BrClFN3/c1-16-8(14)4-7(15-16)9-5(11)2-3-6(12)10(9)13/h2-4H,14H2,1H3. The highest BCUT2D eigenvalue weighted by molar-refractivity contribution is 9.10. The van der Waals surface area contributed by atoms with E-state index >= 15 is 0 Å². The Morgan fingerprint density at radius 3 is 2.75 bits per heavy atom. The van der Waals surface area contributed by atoms with Gasteiger partial charge in [-0.2, -0.15) is 5.10 Å². The van der Waals surface area contributed by atoms with E-state index in [1.807, 2.05) is 0 Å². The van der Waals surface area contributed by atoms with Gasteiger partial charge in [0.25, 0.3) is 0 Å². The minimum atomic E-state index is -0.505. The molecule has 0 spiro atoms. The molecular formula is C10H8BrClFN3. The van der Waals surface area contributed by atoms with Crippen LogP contribution < -0.4 is 5.73 Å². The van der Waals surface area contributed by atoms with Crippen molar-refractivity contribution >= 4 is 33.3 Å². The SMILES string of the molecule is Cn1nc(-c2c(Br)ccc(Cl)c2F)cc1N. The van der Waals surface area contributed by atoms with Crippen LogP contribution in [0.5, 0.6) is 0 Å². The summed E-state index contributed by atoms with van der Waals surface area (Å²) in [5.74, 6) is -0.0459. The summed E-state index contributed by atoms with van der Waals surface area (Å²) in [6.45, 7) is 0. The molecule has 0 atom stereocenters. The van der Waals surface area contributed by atoms with Gasteiger partial charge in [0.1, 0.15) is 5.82 Å². The Labute approximate surface area is 105 Å². The second kappa shape index (κ2) is 4.07. The van der Waals surface area contributed by atoms with Gasteiger partial charge in [0, 0.05) is 17.6 Å². The molecular weight excluding hydrogens is 296 g/mol. The number of anilines is 1. The van der Waals surface area contributed by atoms with Crippen molar-refractivity contribution < 1.29 is 4.39 Å². The number of aryl methyl sites for hydroxylation is 1. The van der Waals surface area contributed by atoms with E-state index < -0.39 is 5.82 Å². The number of benzene rings is 1. The molecule has 3 nitrogen and oxygen atoms in total. The third-order valence-corrected chi connectivity index (χ3v) is 3.17. The summed E-state index contributed by atoms with van der Waals surface area (Å²) in [5, 5.41) is 4.16. The van der Waals surface area contributed by atoms with Crippen LogP contribution in [0.25, 0.3) is 11.3 Å². The van der Waals surface area contributed by atoms with Gasteiger partial charge in [-0.1, -0.05) is 11.6 Å². The number of nitrogen functional groups attached to an aromatic ring is 1. The van der Waals surface area contributed by atoms with Crippen LogP contribution >= 0.6 is 27.5 Å². The van der Waals surface area contributed by atoms with Gasteiger partial charge in [-0.3, -0.25) is 4.68 Å². The normalized spacial score (nSPS) is 10.8. The van der Waals surface area contributed by atoms with Crippen molar-refractivity contribution in [2.24, 2.45) is 7.05 Å². The predicted molar refractivity (Wildman–Crippen MR) is 65.7 cm³/mol. The van der Waals surface area contributed by atoms with Crippen LogP contribution in [0, 0.1) is 5.82 Å². The van der Waals surface area contributed by atoms with Crippen LogP contribution in [0.1, 0.15) is 0 Å². The molecule has 0 aliphatic rings. The molecule has 0 fully saturated rings. The van der Waals surface area contributed by atoms with Gasteiger partial charge < -0.3 is 5.73 Å². The predicted octanol–water partition coefficient (Wildman–Crippen LogP) is 3.22. The van der Waals surface area contributed by atoms with Gasteiger partial charge in [0.2, 0.25) is 0 Å². The summed E-state index contributed by atoms with van der Waals surface area (Å²) in [4.78, 5) is 0. The van der Waals surface area contributed by atoms with Gasteiger partial charge in [0.15, 0.2) is 5.82 Å². The van der Waals surface area contributed by atoms with Crippen molar-refractivity contribution in [2.75, 3.05) is 5.73 Å². The van der Waals surface area contributed by atoms with Crippen LogP contribution in [0.2, 0.25) is 5.02 Å². The van der Waals surface area contributed by atoms with E-state index in [0.717, 1.165) is 0 Å². The minimum Gasteiger partial charge on any atom is -0.384 e. The van der Waals surface area contributed by atoms with Crippen molar-refractivity contribution in [2.45, 2.75) is 0 Å². The molecule has 1 heterocycles. The maximum Gasteiger partial charge on any atom is 0.152 e. The number of nitrogens with two attached hydrogens (primary N) is 1. The molecule has 84 valence electrons. The molecule has 2 aromatic rings. The van der Waals surface area contributed by atoms with Gasteiger partial charge in [-0.05, 0) is 28.1 Å². The van der Waals surface area contributed by atoms with Gasteiger partial charge in [-0.15, -0.1) is 0 Å². The molecule has 16 heavy (non-hydrogen) atoms. The first-order valence-corrected chi connectivity index (χ1v) is 5.61. The number of nitrogens with zero attached hydrogens (tertiary/aromatic N) is 2. The molecule has 0 unspecified atom stereocenters. The van der Waals surface area contributed by atoms with E-state index in [9.17, 15) is 4.39 Å². The van der Waals surface area contributed by atoms with Crippen LogP contribution in [0.15, 0.2) is 22.7 Å². The first-order chi connectivity index (χ1) is 7.50. The fourth-order valence-corrected chi connectivity index (χ4v) is 2.03. The van der Waals surface area contributed by atoms with Crippen molar-refractivity contribution in [3.63, 3.8) is 0 Å². The summed E-state index contributed by atoms with van der Waals surface area (Å²) in [6.07, 6.45) is 0. The zero-order chi connectivity index (χ0) is 11.9. The number of rotatable bonds is 1. The summed E-state index contributed by atoms with van der Waals surface area (Å²) in [5.41, 5.74) is 6.42. The van der Waals surface area contributed by atoms with Crippen molar-refractivity contribution in [3.8, 4) is 11.3 Å². The first kappa shape index (κ1) is 11.4. The summed E-state index contributed by atoms with van der Waals surface area (Å²) < 4.78 is 15.9. The van der Waals surface area contributed by atoms with Gasteiger partial charge >= 0.3 is 0 Å². The first-order valence-electron chi connectivity index (χ1n) is 4.44. The Hall–Kier alpha value is -1.07. The molecule has 0 saturated heterocycles. The van der Waals surface area contributed by atoms with E-state index in [1.54, 1.807) is 19.2 Å². The van der Waals surface area contributed by atoms with Crippen LogP contribution in [0.3, 0.4) is 0 Å². The van der Waals surface area contributed by atoms with E-state index in [2.05, 4.69) is 21.0 Å². The van der Waals surface area contributed by atoms with E-state index in [-0.39, 0.29) is 5.02 Å². The number of hydrogen-bond donors (Lipinski definition) is 1. The molecule has 0 amide bonds. The topological polar surface area (TPSA) is 43.8 Å². The molecule has 6 heteroatoms. The molecule has 0 aliphatic carbocycles. The minimum absolute atomic E-state index is 0.0578. The highest BCUT2D eigenvalue weighted by Gasteiger charge is 2.16.